The second kappa shape index (κ2) is 4.93. The molecule has 0 saturated heterocycles. The molecule has 0 saturated carbocycles. The van der Waals surface area contributed by atoms with Gasteiger partial charge in [-0.2, -0.15) is 0 Å². The van der Waals surface area contributed by atoms with Crippen LogP contribution < -0.4 is 15.9 Å². The summed E-state index contributed by atoms with van der Waals surface area (Å²) in [4.78, 5) is 10.3. The molecule has 0 spiro atoms. The van der Waals surface area contributed by atoms with Crippen LogP contribution in [0.4, 0.5) is 4.39 Å². The largest absolute Gasteiger partial charge is 0.495 e. The number of carbonyl (C=O) groups is 1. The van der Waals surface area contributed by atoms with Crippen molar-refractivity contribution in [3.63, 3.8) is 0 Å². The van der Waals surface area contributed by atoms with Crippen molar-refractivity contribution in [3.05, 3.63) is 23.5 Å². The van der Waals surface area contributed by atoms with Gasteiger partial charge in [-0.05, 0) is 11.6 Å². The average Bonchev–Trinajstić information content (AvgIpc) is 2.65. The highest BCUT2D eigenvalue weighted by Crippen LogP contribution is 2.27. The quantitative estimate of drug-likeness (QED) is 0.597. The number of benzene rings is 1. The molecule has 1 heterocycles. The number of aliphatic carboxylic acids is 1. The highest BCUT2D eigenvalue weighted by atomic mass is 19.1. The zero-order valence-corrected chi connectivity index (χ0v) is 9.30. The first-order chi connectivity index (χ1) is 8.54. The summed E-state index contributed by atoms with van der Waals surface area (Å²) < 4.78 is 23.8. The van der Waals surface area contributed by atoms with E-state index >= 15 is 0 Å². The maximum Gasteiger partial charge on any atom is 0.495 e. The Bertz CT molecular complexity index is 484. The number of nitrogens with two attached hydrogens (primary N) is 1. The van der Waals surface area contributed by atoms with Gasteiger partial charge in [0.1, 0.15) is 0 Å². The van der Waals surface area contributed by atoms with Crippen molar-refractivity contribution in [2.45, 2.75) is 6.10 Å². The summed E-state index contributed by atoms with van der Waals surface area (Å²) in [7, 11) is -1.41. The molecule has 1 aromatic carbocycles. The summed E-state index contributed by atoms with van der Waals surface area (Å²) >= 11 is 0. The first-order valence-corrected chi connectivity index (χ1v) is 5.25. The zero-order chi connectivity index (χ0) is 13.3. The number of hydrogen-bond acceptors (Lipinski definition) is 5. The monoisotopic (exact) mass is 255 g/mol. The Kier molecular flexibility index (Phi) is 3.51. The van der Waals surface area contributed by atoms with Gasteiger partial charge in [0.15, 0.2) is 18.2 Å². The maximum atomic E-state index is 14.0. The molecule has 6 nitrogen and oxygen atoms in total. The molecule has 1 aromatic rings. The molecule has 0 radical (unpaired) electrons. The van der Waals surface area contributed by atoms with E-state index < -0.39 is 31.6 Å². The Balaban J connectivity index is 2.33. The van der Waals surface area contributed by atoms with Gasteiger partial charge in [0.2, 0.25) is 0 Å². The fraction of sp³-hybridized carbons (Fsp3) is 0.300. The highest BCUT2D eigenvalue weighted by molar-refractivity contribution is 6.62. The van der Waals surface area contributed by atoms with Crippen LogP contribution in [-0.2, 0) is 9.45 Å². The lowest BCUT2D eigenvalue weighted by Crippen LogP contribution is -2.31. The Morgan fingerprint density at radius 3 is 2.94 bits per heavy atom. The molecule has 18 heavy (non-hydrogen) atoms. The SMILES string of the molecule is NCC1OB(O)c2c1ccc(OCC(=O)O)c2F. The summed E-state index contributed by atoms with van der Waals surface area (Å²) in [5.74, 6) is -2.28. The average molecular weight is 255 g/mol. The van der Waals surface area contributed by atoms with Crippen molar-refractivity contribution < 1.29 is 28.7 Å². The zero-order valence-electron chi connectivity index (χ0n) is 9.30. The Hall–Kier alpha value is -1.64. The topological polar surface area (TPSA) is 102 Å². The number of halogens is 1. The summed E-state index contributed by atoms with van der Waals surface area (Å²) in [6.07, 6.45) is -0.571. The molecular formula is C10H11BFNO5. The minimum atomic E-state index is -1.41. The molecule has 0 bridgehead atoms. The fourth-order valence-corrected chi connectivity index (χ4v) is 1.85. The molecule has 0 aromatic heterocycles. The molecule has 0 amide bonds. The third-order valence-corrected chi connectivity index (χ3v) is 2.63. The van der Waals surface area contributed by atoms with E-state index in [1.54, 1.807) is 0 Å². The normalized spacial score (nSPS) is 17.7. The second-order valence-electron chi connectivity index (χ2n) is 3.78. The van der Waals surface area contributed by atoms with E-state index in [9.17, 15) is 14.2 Å². The standard InChI is InChI=1S/C10H11BFNO5/c12-10-6(17-4-8(14)15)2-1-5-7(3-13)18-11(16)9(5)10/h1-2,7,16H,3-4,13H2,(H,14,15). The van der Waals surface area contributed by atoms with Crippen molar-refractivity contribution in [3.8, 4) is 5.75 Å². The van der Waals surface area contributed by atoms with Crippen LogP contribution in [0.15, 0.2) is 12.1 Å². The van der Waals surface area contributed by atoms with Gasteiger partial charge in [0.05, 0.1) is 6.10 Å². The molecule has 4 N–H and O–H groups in total. The predicted octanol–water partition coefficient (Wildman–Crippen LogP) is -0.993. The Labute approximate surface area is 102 Å². The highest BCUT2D eigenvalue weighted by Gasteiger charge is 2.38. The van der Waals surface area contributed by atoms with Crippen LogP contribution in [0, 0.1) is 5.82 Å². The molecule has 0 aliphatic carbocycles. The van der Waals surface area contributed by atoms with Crippen molar-refractivity contribution in [2.24, 2.45) is 5.73 Å². The molecule has 2 rings (SSSR count). The van der Waals surface area contributed by atoms with Gasteiger partial charge in [-0.25, -0.2) is 9.18 Å². The van der Waals surface area contributed by atoms with Gasteiger partial charge in [-0.15, -0.1) is 0 Å². The van der Waals surface area contributed by atoms with Crippen molar-refractivity contribution in [2.75, 3.05) is 13.2 Å². The molecule has 1 unspecified atom stereocenters. The lowest BCUT2D eigenvalue weighted by atomic mass is 9.78. The van der Waals surface area contributed by atoms with Crippen LogP contribution in [0.1, 0.15) is 11.7 Å². The van der Waals surface area contributed by atoms with Crippen LogP contribution in [0.2, 0.25) is 0 Å². The lowest BCUT2D eigenvalue weighted by molar-refractivity contribution is -0.139. The fourth-order valence-electron chi connectivity index (χ4n) is 1.85. The number of carboxylic acids is 1. The number of rotatable bonds is 4. The van der Waals surface area contributed by atoms with Gasteiger partial charge < -0.3 is 25.3 Å². The summed E-state index contributed by atoms with van der Waals surface area (Å²) in [5.41, 5.74) is 5.83. The summed E-state index contributed by atoms with van der Waals surface area (Å²) in [6.45, 7) is -0.550. The molecular weight excluding hydrogens is 244 g/mol. The second-order valence-corrected chi connectivity index (χ2v) is 3.78. The van der Waals surface area contributed by atoms with Crippen molar-refractivity contribution in [1.29, 1.82) is 0 Å². The first kappa shape index (κ1) is 12.8. The van der Waals surface area contributed by atoms with E-state index in [4.69, 9.17) is 20.2 Å². The van der Waals surface area contributed by atoms with E-state index in [2.05, 4.69) is 0 Å². The van der Waals surface area contributed by atoms with E-state index in [1.165, 1.54) is 12.1 Å². The first-order valence-electron chi connectivity index (χ1n) is 5.25. The van der Waals surface area contributed by atoms with E-state index in [0.29, 0.717) is 5.56 Å². The molecule has 8 heteroatoms. The minimum Gasteiger partial charge on any atom is -0.479 e. The predicted molar refractivity (Wildman–Crippen MR) is 60.0 cm³/mol. The number of hydrogen-bond donors (Lipinski definition) is 3. The van der Waals surface area contributed by atoms with Gasteiger partial charge >= 0.3 is 13.1 Å². The smallest absolute Gasteiger partial charge is 0.479 e. The van der Waals surface area contributed by atoms with Crippen LogP contribution in [0.3, 0.4) is 0 Å². The molecule has 1 atom stereocenters. The van der Waals surface area contributed by atoms with Crippen molar-refractivity contribution >= 4 is 18.6 Å². The van der Waals surface area contributed by atoms with Crippen LogP contribution in [-0.4, -0.2) is 36.4 Å². The molecule has 96 valence electrons. The third-order valence-electron chi connectivity index (χ3n) is 2.63. The minimum absolute atomic E-state index is 0.0478. The van der Waals surface area contributed by atoms with Crippen molar-refractivity contribution in [1.82, 2.24) is 0 Å². The van der Waals surface area contributed by atoms with Gasteiger partial charge in [-0.1, -0.05) is 6.07 Å². The third kappa shape index (κ3) is 2.17. The van der Waals surface area contributed by atoms with Crippen LogP contribution >= 0.6 is 0 Å². The molecule has 1 aliphatic heterocycles. The molecule has 1 aliphatic rings. The Morgan fingerprint density at radius 1 is 1.61 bits per heavy atom. The summed E-state index contributed by atoms with van der Waals surface area (Å²) in [5, 5.41) is 18.0. The van der Waals surface area contributed by atoms with Crippen LogP contribution in [0.5, 0.6) is 5.75 Å². The lowest BCUT2D eigenvalue weighted by Gasteiger charge is -2.10. The molecule has 0 fully saturated rings. The Morgan fingerprint density at radius 2 is 2.33 bits per heavy atom. The number of fused-ring (bicyclic) bond motifs is 1. The van der Waals surface area contributed by atoms with Gasteiger partial charge in [0, 0.05) is 12.0 Å². The number of ether oxygens (including phenoxy) is 1. The number of carboxylic acid groups (broad SMARTS) is 1. The maximum absolute atomic E-state index is 14.0. The summed E-state index contributed by atoms with van der Waals surface area (Å²) in [6, 6.07) is 2.80. The van der Waals surface area contributed by atoms with E-state index in [1.807, 2.05) is 0 Å². The van der Waals surface area contributed by atoms with Gasteiger partial charge in [0.25, 0.3) is 0 Å². The van der Waals surface area contributed by atoms with E-state index in [-0.39, 0.29) is 17.8 Å². The van der Waals surface area contributed by atoms with E-state index in [0.717, 1.165) is 0 Å². The van der Waals surface area contributed by atoms with Gasteiger partial charge in [-0.3, -0.25) is 0 Å². The van der Waals surface area contributed by atoms with Crippen LogP contribution in [0.25, 0.3) is 0 Å².